The lowest BCUT2D eigenvalue weighted by Crippen LogP contribution is -2.41. The van der Waals surface area contributed by atoms with Gasteiger partial charge in [0.2, 0.25) is 0 Å². The standard InChI is InChI=1S/C16H16ClFN6O2S/c1-24(12-4-2-9(17)8-10(12)18)13-5-3-11-14(21-13)27-16(20-11)22-15(26)23-19-6-7-25/h2-5,8,19,25H,6-7H2,1H3,(H2,20,22,23,26). The minimum atomic E-state index is -0.511. The smallest absolute Gasteiger partial charge is 0.335 e. The molecule has 1 aromatic carbocycles. The number of pyridine rings is 1. The molecule has 0 saturated heterocycles. The van der Waals surface area contributed by atoms with Crippen LogP contribution in [-0.2, 0) is 0 Å². The second kappa shape index (κ2) is 8.44. The molecular formula is C16H16ClFN6O2S. The highest BCUT2D eigenvalue weighted by Crippen LogP contribution is 2.30. The van der Waals surface area contributed by atoms with Crippen molar-refractivity contribution in [1.29, 1.82) is 0 Å². The van der Waals surface area contributed by atoms with E-state index in [1.165, 1.54) is 17.4 Å². The van der Waals surface area contributed by atoms with Crippen LogP contribution in [0.3, 0.4) is 0 Å². The van der Waals surface area contributed by atoms with Crippen LogP contribution in [0.15, 0.2) is 30.3 Å². The number of benzene rings is 1. The van der Waals surface area contributed by atoms with E-state index in [-0.39, 0.29) is 13.2 Å². The number of thiazole rings is 1. The highest BCUT2D eigenvalue weighted by Gasteiger charge is 2.14. The first-order valence-electron chi connectivity index (χ1n) is 7.85. The monoisotopic (exact) mass is 410 g/mol. The number of amides is 2. The van der Waals surface area contributed by atoms with Gasteiger partial charge in [-0.3, -0.25) is 10.7 Å². The zero-order chi connectivity index (χ0) is 19.4. The molecule has 0 radical (unpaired) electrons. The molecule has 142 valence electrons. The summed E-state index contributed by atoms with van der Waals surface area (Å²) < 4.78 is 14.1. The van der Waals surface area contributed by atoms with Gasteiger partial charge in [0.15, 0.2) is 5.13 Å². The number of aromatic nitrogens is 2. The van der Waals surface area contributed by atoms with Gasteiger partial charge in [0, 0.05) is 18.6 Å². The summed E-state index contributed by atoms with van der Waals surface area (Å²) in [6.45, 7) is 0.127. The van der Waals surface area contributed by atoms with E-state index in [2.05, 4.69) is 26.1 Å². The molecule has 3 aromatic rings. The van der Waals surface area contributed by atoms with Crippen LogP contribution in [-0.4, -0.2) is 41.3 Å². The van der Waals surface area contributed by atoms with Crippen molar-refractivity contribution in [2.24, 2.45) is 0 Å². The molecule has 0 bridgehead atoms. The Morgan fingerprint density at radius 3 is 2.89 bits per heavy atom. The number of halogens is 2. The van der Waals surface area contributed by atoms with Crippen LogP contribution >= 0.6 is 22.9 Å². The van der Waals surface area contributed by atoms with Crippen molar-refractivity contribution in [1.82, 2.24) is 20.8 Å². The number of hydrogen-bond donors (Lipinski definition) is 4. The SMILES string of the molecule is CN(c1ccc2nc(NC(=O)NNCCO)sc2n1)c1ccc(Cl)cc1F. The maximum atomic E-state index is 14.1. The number of aliphatic hydroxyl groups is 1. The molecule has 0 saturated carbocycles. The zero-order valence-electron chi connectivity index (χ0n) is 14.2. The molecule has 8 nitrogen and oxygen atoms in total. The Hall–Kier alpha value is -2.53. The fourth-order valence-electron chi connectivity index (χ4n) is 2.25. The quantitative estimate of drug-likeness (QED) is 0.368. The third-order valence-corrected chi connectivity index (χ3v) is 4.63. The molecular weight excluding hydrogens is 395 g/mol. The van der Waals surface area contributed by atoms with Crippen LogP contribution in [0, 0.1) is 5.82 Å². The topological polar surface area (TPSA) is 102 Å². The molecule has 0 fully saturated rings. The maximum absolute atomic E-state index is 14.1. The van der Waals surface area contributed by atoms with Crippen LogP contribution in [0.1, 0.15) is 0 Å². The number of rotatable bonds is 6. The Balaban J connectivity index is 1.78. The Morgan fingerprint density at radius 2 is 2.15 bits per heavy atom. The van der Waals surface area contributed by atoms with Crippen LogP contribution in [0.4, 0.5) is 25.8 Å². The first-order chi connectivity index (χ1) is 13.0. The van der Waals surface area contributed by atoms with E-state index in [0.29, 0.717) is 32.0 Å². The molecule has 11 heteroatoms. The minimum Gasteiger partial charge on any atom is -0.395 e. The van der Waals surface area contributed by atoms with Gasteiger partial charge in [-0.05, 0) is 30.3 Å². The molecule has 2 heterocycles. The van der Waals surface area contributed by atoms with Gasteiger partial charge in [-0.25, -0.2) is 24.6 Å². The summed E-state index contributed by atoms with van der Waals surface area (Å²) >= 11 is 6.98. The number of carbonyl (C=O) groups is 1. The van der Waals surface area contributed by atoms with E-state index in [1.54, 1.807) is 36.2 Å². The molecule has 2 aromatic heterocycles. The lowest BCUT2D eigenvalue weighted by molar-refractivity contribution is 0.243. The molecule has 2 amide bonds. The van der Waals surface area contributed by atoms with E-state index in [4.69, 9.17) is 16.7 Å². The Morgan fingerprint density at radius 1 is 1.33 bits per heavy atom. The van der Waals surface area contributed by atoms with Crippen molar-refractivity contribution in [3.05, 3.63) is 41.2 Å². The van der Waals surface area contributed by atoms with E-state index >= 15 is 0 Å². The van der Waals surface area contributed by atoms with Crippen LogP contribution in [0.2, 0.25) is 5.02 Å². The van der Waals surface area contributed by atoms with Crippen molar-refractivity contribution in [3.63, 3.8) is 0 Å². The van der Waals surface area contributed by atoms with Crippen molar-refractivity contribution in [3.8, 4) is 0 Å². The average Bonchev–Trinajstić information content (AvgIpc) is 3.02. The normalized spacial score (nSPS) is 10.8. The maximum Gasteiger partial charge on any atom is 0.335 e. The fourth-order valence-corrected chi connectivity index (χ4v) is 3.24. The molecule has 3 rings (SSSR count). The number of hydrogen-bond acceptors (Lipinski definition) is 7. The second-order valence-corrected chi connectivity index (χ2v) is 6.81. The molecule has 0 aliphatic rings. The van der Waals surface area contributed by atoms with E-state index < -0.39 is 11.8 Å². The summed E-state index contributed by atoms with van der Waals surface area (Å²) in [5.41, 5.74) is 5.84. The van der Waals surface area contributed by atoms with E-state index in [1.807, 2.05) is 0 Å². The van der Waals surface area contributed by atoms with Crippen molar-refractivity contribution >= 4 is 56.0 Å². The van der Waals surface area contributed by atoms with Gasteiger partial charge in [0.25, 0.3) is 0 Å². The van der Waals surface area contributed by atoms with Gasteiger partial charge in [0.05, 0.1) is 12.3 Å². The van der Waals surface area contributed by atoms with Crippen molar-refractivity contribution < 1.29 is 14.3 Å². The number of anilines is 3. The highest BCUT2D eigenvalue weighted by molar-refractivity contribution is 7.22. The fraction of sp³-hybridized carbons (Fsp3) is 0.188. The van der Waals surface area contributed by atoms with Gasteiger partial charge in [0.1, 0.15) is 22.0 Å². The summed E-state index contributed by atoms with van der Waals surface area (Å²) in [5, 5.41) is 11.9. The summed E-state index contributed by atoms with van der Waals surface area (Å²) in [5.74, 6) is 0.0681. The lowest BCUT2D eigenvalue weighted by atomic mass is 10.2. The third kappa shape index (κ3) is 4.61. The zero-order valence-corrected chi connectivity index (χ0v) is 15.7. The molecule has 0 aliphatic carbocycles. The highest BCUT2D eigenvalue weighted by atomic mass is 35.5. The molecule has 4 N–H and O–H groups in total. The second-order valence-electron chi connectivity index (χ2n) is 5.40. The van der Waals surface area contributed by atoms with Crippen LogP contribution in [0.25, 0.3) is 10.3 Å². The van der Waals surface area contributed by atoms with Crippen LogP contribution < -0.4 is 21.1 Å². The number of carbonyl (C=O) groups excluding carboxylic acids is 1. The Kier molecular flexibility index (Phi) is 6.01. The van der Waals surface area contributed by atoms with E-state index in [0.717, 1.165) is 0 Å². The van der Waals surface area contributed by atoms with Gasteiger partial charge in [-0.1, -0.05) is 22.9 Å². The molecule has 0 aliphatic heterocycles. The lowest BCUT2D eigenvalue weighted by Gasteiger charge is -2.18. The van der Waals surface area contributed by atoms with Gasteiger partial charge in [-0.2, -0.15) is 0 Å². The van der Waals surface area contributed by atoms with Crippen molar-refractivity contribution in [2.45, 2.75) is 0 Å². The number of hydrazine groups is 1. The third-order valence-electron chi connectivity index (χ3n) is 3.51. The number of nitrogens with zero attached hydrogens (tertiary/aromatic N) is 3. The van der Waals surface area contributed by atoms with Gasteiger partial charge >= 0.3 is 6.03 Å². The summed E-state index contributed by atoms with van der Waals surface area (Å²) in [6.07, 6.45) is 0. The first kappa shape index (κ1) is 19.2. The number of aliphatic hydroxyl groups excluding tert-OH is 1. The Bertz CT molecular complexity index is 969. The summed E-state index contributed by atoms with van der Waals surface area (Å²) in [4.78, 5) is 22.7. The predicted octanol–water partition coefficient (Wildman–Crippen LogP) is 2.87. The molecule has 0 spiro atoms. The van der Waals surface area contributed by atoms with Crippen molar-refractivity contribution in [2.75, 3.05) is 30.4 Å². The van der Waals surface area contributed by atoms with Gasteiger partial charge in [-0.15, -0.1) is 0 Å². The minimum absolute atomic E-state index is 0.101. The molecule has 0 unspecified atom stereocenters. The largest absolute Gasteiger partial charge is 0.395 e. The Labute approximate surface area is 163 Å². The number of fused-ring (bicyclic) bond motifs is 1. The van der Waals surface area contributed by atoms with Crippen LogP contribution in [0.5, 0.6) is 0 Å². The summed E-state index contributed by atoms with van der Waals surface area (Å²) in [7, 11) is 1.70. The number of nitrogens with one attached hydrogen (secondary N) is 3. The van der Waals surface area contributed by atoms with Gasteiger partial charge < -0.3 is 10.0 Å². The molecule has 27 heavy (non-hydrogen) atoms. The first-order valence-corrected chi connectivity index (χ1v) is 9.04. The summed E-state index contributed by atoms with van der Waals surface area (Å²) in [6, 6.07) is 7.36. The predicted molar refractivity (Wildman–Crippen MR) is 104 cm³/mol. The molecule has 0 atom stereocenters. The number of urea groups is 1. The average molecular weight is 411 g/mol. The van der Waals surface area contributed by atoms with E-state index in [9.17, 15) is 9.18 Å².